The summed E-state index contributed by atoms with van der Waals surface area (Å²) in [6.07, 6.45) is 1.66. The molecule has 0 fully saturated rings. The summed E-state index contributed by atoms with van der Waals surface area (Å²) in [5.41, 5.74) is 3.62. The third kappa shape index (κ3) is 3.57. The van der Waals surface area contributed by atoms with E-state index in [0.29, 0.717) is 34.4 Å². The van der Waals surface area contributed by atoms with Gasteiger partial charge in [-0.25, -0.2) is 14.5 Å². The van der Waals surface area contributed by atoms with Crippen LogP contribution < -0.4 is 5.32 Å². The summed E-state index contributed by atoms with van der Waals surface area (Å²) in [6, 6.07) is 10.8. The number of benzene rings is 1. The van der Waals surface area contributed by atoms with Crippen molar-refractivity contribution in [1.82, 2.24) is 14.8 Å². The number of hydrogen-bond acceptors (Lipinski definition) is 6. The van der Waals surface area contributed by atoms with Gasteiger partial charge in [0, 0.05) is 12.2 Å². The van der Waals surface area contributed by atoms with Gasteiger partial charge in [-0.3, -0.25) is 4.79 Å². The van der Waals surface area contributed by atoms with Gasteiger partial charge in [0.1, 0.15) is 0 Å². The molecule has 3 heterocycles. The SMILES string of the molecule is CCn1ncc2c(C(=O)Nc3cc(C(=O)OC)ccc3C)cc(-c3cccs3)nc21. The first-order valence-electron chi connectivity index (χ1n) is 9.42. The van der Waals surface area contributed by atoms with E-state index in [2.05, 4.69) is 10.4 Å². The summed E-state index contributed by atoms with van der Waals surface area (Å²) in [6.45, 7) is 4.49. The Labute approximate surface area is 177 Å². The molecule has 0 radical (unpaired) electrons. The van der Waals surface area contributed by atoms with E-state index in [9.17, 15) is 9.59 Å². The summed E-state index contributed by atoms with van der Waals surface area (Å²) in [4.78, 5) is 30.8. The number of nitrogens with one attached hydrogen (secondary N) is 1. The maximum Gasteiger partial charge on any atom is 0.337 e. The Hall–Kier alpha value is -3.52. The number of amides is 1. The number of aryl methyl sites for hydroxylation is 2. The topological polar surface area (TPSA) is 86.1 Å². The molecule has 1 aromatic carbocycles. The van der Waals surface area contributed by atoms with E-state index in [1.807, 2.05) is 31.4 Å². The summed E-state index contributed by atoms with van der Waals surface area (Å²) in [7, 11) is 1.33. The molecule has 0 spiro atoms. The van der Waals surface area contributed by atoms with E-state index >= 15 is 0 Å². The first-order valence-corrected chi connectivity index (χ1v) is 10.3. The Bertz CT molecular complexity index is 1240. The van der Waals surface area contributed by atoms with Crippen molar-refractivity contribution in [3.63, 3.8) is 0 Å². The Morgan fingerprint density at radius 1 is 1.23 bits per heavy atom. The highest BCUT2D eigenvalue weighted by molar-refractivity contribution is 7.13. The lowest BCUT2D eigenvalue weighted by Crippen LogP contribution is -2.15. The molecule has 0 saturated heterocycles. The first-order chi connectivity index (χ1) is 14.5. The number of ether oxygens (including phenoxy) is 1. The number of hydrogen-bond donors (Lipinski definition) is 1. The van der Waals surface area contributed by atoms with Crippen molar-refractivity contribution in [3.8, 4) is 10.6 Å². The Balaban J connectivity index is 1.78. The smallest absolute Gasteiger partial charge is 0.337 e. The van der Waals surface area contributed by atoms with Crippen LogP contribution in [0.5, 0.6) is 0 Å². The molecule has 0 atom stereocenters. The number of nitrogens with zero attached hydrogens (tertiary/aromatic N) is 3. The van der Waals surface area contributed by atoms with Crippen LogP contribution in [-0.4, -0.2) is 33.8 Å². The molecule has 8 heteroatoms. The predicted molar refractivity (Wildman–Crippen MR) is 117 cm³/mol. The van der Waals surface area contributed by atoms with Crippen LogP contribution in [0.4, 0.5) is 5.69 Å². The van der Waals surface area contributed by atoms with Crippen LogP contribution >= 0.6 is 11.3 Å². The average molecular weight is 420 g/mol. The molecule has 0 bridgehead atoms. The van der Waals surface area contributed by atoms with Gasteiger partial charge in [0.2, 0.25) is 0 Å². The molecule has 1 amide bonds. The van der Waals surface area contributed by atoms with Crippen molar-refractivity contribution in [2.24, 2.45) is 0 Å². The van der Waals surface area contributed by atoms with Crippen molar-refractivity contribution < 1.29 is 14.3 Å². The van der Waals surface area contributed by atoms with E-state index in [1.54, 1.807) is 46.5 Å². The number of rotatable bonds is 5. The van der Waals surface area contributed by atoms with Gasteiger partial charge in [0.25, 0.3) is 5.91 Å². The number of carbonyl (C=O) groups excluding carboxylic acids is 2. The van der Waals surface area contributed by atoms with Crippen molar-refractivity contribution in [2.45, 2.75) is 20.4 Å². The summed E-state index contributed by atoms with van der Waals surface area (Å²) < 4.78 is 6.55. The number of aromatic nitrogens is 3. The molecular weight excluding hydrogens is 400 g/mol. The van der Waals surface area contributed by atoms with E-state index in [0.717, 1.165) is 16.1 Å². The van der Waals surface area contributed by atoms with Crippen LogP contribution in [0, 0.1) is 6.92 Å². The second kappa shape index (κ2) is 8.08. The number of anilines is 1. The van der Waals surface area contributed by atoms with E-state index in [4.69, 9.17) is 9.72 Å². The number of carbonyl (C=O) groups is 2. The molecule has 4 aromatic rings. The zero-order chi connectivity index (χ0) is 21.3. The average Bonchev–Trinajstić information content (AvgIpc) is 3.43. The number of fused-ring (bicyclic) bond motifs is 1. The molecule has 7 nitrogen and oxygen atoms in total. The van der Waals surface area contributed by atoms with E-state index in [1.165, 1.54) is 7.11 Å². The lowest BCUT2D eigenvalue weighted by atomic mass is 10.1. The minimum absolute atomic E-state index is 0.291. The lowest BCUT2D eigenvalue weighted by molar-refractivity contribution is 0.0600. The highest BCUT2D eigenvalue weighted by Gasteiger charge is 2.19. The molecule has 152 valence electrons. The summed E-state index contributed by atoms with van der Waals surface area (Å²) in [5.74, 6) is -0.748. The molecule has 0 unspecified atom stereocenters. The fourth-order valence-electron chi connectivity index (χ4n) is 3.21. The maximum atomic E-state index is 13.3. The monoisotopic (exact) mass is 420 g/mol. The standard InChI is InChI=1S/C22H20N4O3S/c1-4-26-20-16(12-23-26)15(11-18(24-20)19-6-5-9-30-19)21(27)25-17-10-14(22(28)29-3)8-7-13(17)2/h5-12H,4H2,1-3H3,(H,25,27). The van der Waals surface area contributed by atoms with E-state index in [-0.39, 0.29) is 5.91 Å². The van der Waals surface area contributed by atoms with Crippen LogP contribution in [0.1, 0.15) is 33.2 Å². The first kappa shape index (κ1) is 19.8. The lowest BCUT2D eigenvalue weighted by Gasteiger charge is -2.11. The quantitative estimate of drug-likeness (QED) is 0.480. The zero-order valence-corrected chi connectivity index (χ0v) is 17.6. The molecule has 0 aliphatic heterocycles. The van der Waals surface area contributed by atoms with Crippen molar-refractivity contribution in [2.75, 3.05) is 12.4 Å². The normalized spacial score (nSPS) is 10.9. The fraction of sp³-hybridized carbons (Fsp3) is 0.182. The zero-order valence-electron chi connectivity index (χ0n) is 16.8. The number of pyridine rings is 1. The third-order valence-electron chi connectivity index (χ3n) is 4.83. The van der Waals surface area contributed by atoms with Gasteiger partial charge in [-0.2, -0.15) is 5.10 Å². The van der Waals surface area contributed by atoms with Gasteiger partial charge in [0.15, 0.2) is 5.65 Å². The van der Waals surface area contributed by atoms with Gasteiger partial charge in [-0.05, 0) is 49.1 Å². The maximum absolute atomic E-state index is 13.3. The molecule has 0 aliphatic carbocycles. The van der Waals surface area contributed by atoms with Gasteiger partial charge < -0.3 is 10.1 Å². The molecule has 0 aliphatic rings. The van der Waals surface area contributed by atoms with Gasteiger partial charge in [0.05, 0.1) is 40.4 Å². The van der Waals surface area contributed by atoms with Crippen molar-refractivity contribution in [3.05, 3.63) is 64.7 Å². The molecule has 4 rings (SSSR count). The fourth-order valence-corrected chi connectivity index (χ4v) is 3.89. The summed E-state index contributed by atoms with van der Waals surface area (Å²) >= 11 is 1.56. The van der Waals surface area contributed by atoms with Crippen LogP contribution in [0.2, 0.25) is 0 Å². The molecule has 30 heavy (non-hydrogen) atoms. The van der Waals surface area contributed by atoms with Crippen LogP contribution in [0.25, 0.3) is 21.6 Å². The van der Waals surface area contributed by atoms with Crippen LogP contribution in [0.15, 0.2) is 48.0 Å². The Morgan fingerprint density at radius 2 is 2.07 bits per heavy atom. The van der Waals surface area contributed by atoms with E-state index < -0.39 is 5.97 Å². The van der Waals surface area contributed by atoms with Gasteiger partial charge in [-0.15, -0.1) is 11.3 Å². The summed E-state index contributed by atoms with van der Waals surface area (Å²) in [5, 5.41) is 9.95. The molecular formula is C22H20N4O3S. The Kier molecular flexibility index (Phi) is 5.33. The molecule has 3 aromatic heterocycles. The second-order valence-corrected chi connectivity index (χ2v) is 7.65. The van der Waals surface area contributed by atoms with Gasteiger partial charge >= 0.3 is 5.97 Å². The minimum Gasteiger partial charge on any atom is -0.465 e. The predicted octanol–water partition coefficient (Wildman–Crippen LogP) is 4.53. The van der Waals surface area contributed by atoms with Gasteiger partial charge in [-0.1, -0.05) is 12.1 Å². The minimum atomic E-state index is -0.457. The molecule has 0 saturated carbocycles. The van der Waals surface area contributed by atoms with Crippen molar-refractivity contribution in [1.29, 1.82) is 0 Å². The van der Waals surface area contributed by atoms with Crippen molar-refractivity contribution >= 4 is 39.9 Å². The number of thiophene rings is 1. The third-order valence-corrected chi connectivity index (χ3v) is 5.73. The largest absolute Gasteiger partial charge is 0.465 e. The van der Waals surface area contributed by atoms with Crippen LogP contribution in [-0.2, 0) is 11.3 Å². The number of esters is 1. The van der Waals surface area contributed by atoms with Crippen LogP contribution in [0.3, 0.4) is 0 Å². The highest BCUT2D eigenvalue weighted by Crippen LogP contribution is 2.29. The molecule has 1 N–H and O–H groups in total. The second-order valence-electron chi connectivity index (χ2n) is 6.71. The Morgan fingerprint density at radius 3 is 2.77 bits per heavy atom. The number of methoxy groups -OCH3 is 1. The highest BCUT2D eigenvalue weighted by atomic mass is 32.1.